The number of hydrogen-bond donors (Lipinski definition) is 1. The zero-order valence-electron chi connectivity index (χ0n) is 12.9. The molecule has 0 bridgehead atoms. The number of hydrogen-bond acceptors (Lipinski definition) is 6. The molecule has 0 amide bonds. The number of imidazole rings is 1. The number of anilines is 1. The summed E-state index contributed by atoms with van der Waals surface area (Å²) in [4.78, 5) is 11.8. The molecule has 2 aromatic heterocycles. The molecule has 8 nitrogen and oxygen atoms in total. The molecule has 3 aromatic rings. The van der Waals surface area contributed by atoms with Gasteiger partial charge in [-0.1, -0.05) is 0 Å². The van der Waals surface area contributed by atoms with Crippen molar-refractivity contribution in [1.29, 1.82) is 0 Å². The number of sulfonamides is 1. The van der Waals surface area contributed by atoms with Crippen molar-refractivity contribution in [2.24, 2.45) is 0 Å². The zero-order chi connectivity index (χ0) is 17.7. The molecule has 1 N–H and O–H groups in total. The number of nitrogens with one attached hydrogen (secondary N) is 1. The third-order valence-corrected chi connectivity index (χ3v) is 4.34. The molecule has 0 aliphatic rings. The first-order valence-electron chi connectivity index (χ1n) is 7.21. The van der Waals surface area contributed by atoms with Crippen LogP contribution in [-0.4, -0.2) is 40.3 Å². The van der Waals surface area contributed by atoms with Crippen LogP contribution in [0, 0.1) is 5.82 Å². The number of ether oxygens (including phenoxy) is 1. The van der Waals surface area contributed by atoms with E-state index in [0.717, 1.165) is 0 Å². The third kappa shape index (κ3) is 4.73. The average molecular weight is 363 g/mol. The van der Waals surface area contributed by atoms with Gasteiger partial charge in [-0.3, -0.25) is 9.29 Å². The summed E-state index contributed by atoms with van der Waals surface area (Å²) < 4.78 is 46.3. The summed E-state index contributed by atoms with van der Waals surface area (Å²) in [6, 6.07) is 6.82. The van der Waals surface area contributed by atoms with Gasteiger partial charge in [0.15, 0.2) is 0 Å². The summed E-state index contributed by atoms with van der Waals surface area (Å²) >= 11 is 0. The summed E-state index contributed by atoms with van der Waals surface area (Å²) in [6.45, 7) is -0.0829. The van der Waals surface area contributed by atoms with E-state index in [9.17, 15) is 12.8 Å². The van der Waals surface area contributed by atoms with Gasteiger partial charge in [-0.15, -0.1) is 0 Å². The zero-order valence-corrected chi connectivity index (χ0v) is 13.7. The summed E-state index contributed by atoms with van der Waals surface area (Å²) in [5.74, 6) is 0.336. The molecule has 3 rings (SSSR count). The molecular formula is C15H14FN5O3S. The molecule has 0 fully saturated rings. The van der Waals surface area contributed by atoms with Crippen molar-refractivity contribution in [1.82, 2.24) is 19.5 Å². The number of halogens is 1. The van der Waals surface area contributed by atoms with Gasteiger partial charge in [0.1, 0.15) is 48.2 Å². The molecule has 0 aliphatic carbocycles. The molecule has 0 unspecified atom stereocenters. The van der Waals surface area contributed by atoms with Gasteiger partial charge in [-0.25, -0.2) is 27.8 Å². The maximum atomic E-state index is 12.8. The fraction of sp³-hybridized carbons (Fsp3) is 0.133. The fourth-order valence-electron chi connectivity index (χ4n) is 1.95. The van der Waals surface area contributed by atoms with E-state index in [2.05, 4.69) is 19.7 Å². The van der Waals surface area contributed by atoms with E-state index in [4.69, 9.17) is 4.74 Å². The van der Waals surface area contributed by atoms with Crippen LogP contribution in [0.2, 0.25) is 0 Å². The smallest absolute Gasteiger partial charge is 0.237 e. The van der Waals surface area contributed by atoms with Gasteiger partial charge < -0.3 is 4.74 Å². The lowest BCUT2D eigenvalue weighted by molar-refractivity contribution is 0.340. The van der Waals surface area contributed by atoms with Crippen molar-refractivity contribution in [3.8, 4) is 11.6 Å². The Morgan fingerprint density at radius 2 is 2.00 bits per heavy atom. The van der Waals surface area contributed by atoms with Gasteiger partial charge in [-0.2, -0.15) is 0 Å². The first-order valence-corrected chi connectivity index (χ1v) is 8.86. The Kier molecular flexibility index (Phi) is 4.89. The SMILES string of the molecule is O=S(=O)(CCOc1ccc(F)cc1)Nc1cc(-n2ccnc2)ncn1. The first-order chi connectivity index (χ1) is 12.0. The largest absolute Gasteiger partial charge is 0.492 e. The van der Waals surface area contributed by atoms with Gasteiger partial charge in [0.25, 0.3) is 0 Å². The molecule has 25 heavy (non-hydrogen) atoms. The van der Waals surface area contributed by atoms with Crippen LogP contribution in [0.3, 0.4) is 0 Å². The lowest BCUT2D eigenvalue weighted by atomic mass is 10.3. The molecule has 0 saturated carbocycles. The summed E-state index contributed by atoms with van der Waals surface area (Å²) in [5.41, 5.74) is 0. The molecule has 130 valence electrons. The molecule has 10 heteroatoms. The Labute approximate surface area is 143 Å². The molecule has 0 radical (unpaired) electrons. The lowest BCUT2D eigenvalue weighted by Gasteiger charge is -2.09. The minimum Gasteiger partial charge on any atom is -0.492 e. The van der Waals surface area contributed by atoms with Gasteiger partial charge in [0.05, 0.1) is 0 Å². The summed E-state index contributed by atoms with van der Waals surface area (Å²) in [6.07, 6.45) is 6.05. The van der Waals surface area contributed by atoms with Crippen LogP contribution in [0.5, 0.6) is 5.75 Å². The van der Waals surface area contributed by atoms with Crippen LogP contribution in [0.4, 0.5) is 10.2 Å². The van der Waals surface area contributed by atoms with Crippen LogP contribution < -0.4 is 9.46 Å². The quantitative estimate of drug-likeness (QED) is 0.685. The first kappa shape index (κ1) is 16.8. The van der Waals surface area contributed by atoms with Crippen LogP contribution in [0.1, 0.15) is 0 Å². The van der Waals surface area contributed by atoms with E-state index < -0.39 is 10.0 Å². The molecule has 0 spiro atoms. The number of rotatable bonds is 7. The van der Waals surface area contributed by atoms with Crippen LogP contribution in [0.25, 0.3) is 5.82 Å². The Hall–Kier alpha value is -3.01. The van der Waals surface area contributed by atoms with Crippen LogP contribution in [-0.2, 0) is 10.0 Å². The molecular weight excluding hydrogens is 349 g/mol. The highest BCUT2D eigenvalue weighted by molar-refractivity contribution is 7.92. The second-order valence-corrected chi connectivity index (χ2v) is 6.80. The minimum absolute atomic E-state index is 0.0829. The van der Waals surface area contributed by atoms with Crippen molar-refractivity contribution >= 4 is 15.8 Å². The maximum absolute atomic E-state index is 12.8. The predicted octanol–water partition coefficient (Wildman–Crippen LogP) is 1.62. The van der Waals surface area contributed by atoms with Crippen molar-refractivity contribution in [2.75, 3.05) is 17.1 Å². The van der Waals surface area contributed by atoms with Gasteiger partial charge in [-0.05, 0) is 24.3 Å². The summed E-state index contributed by atoms with van der Waals surface area (Å²) in [5, 5.41) is 0. The lowest BCUT2D eigenvalue weighted by Crippen LogP contribution is -2.22. The molecule has 0 aliphatic heterocycles. The van der Waals surface area contributed by atoms with Gasteiger partial charge >= 0.3 is 0 Å². The van der Waals surface area contributed by atoms with Crippen molar-refractivity contribution in [3.63, 3.8) is 0 Å². The Bertz CT molecular complexity index is 930. The second-order valence-electron chi connectivity index (χ2n) is 4.95. The van der Waals surface area contributed by atoms with Crippen molar-refractivity contribution in [3.05, 3.63) is 61.2 Å². The van der Waals surface area contributed by atoms with Gasteiger partial charge in [0, 0.05) is 18.5 Å². The van der Waals surface area contributed by atoms with Gasteiger partial charge in [0.2, 0.25) is 10.0 Å². The molecule has 0 atom stereocenters. The topological polar surface area (TPSA) is 99.0 Å². The van der Waals surface area contributed by atoms with E-state index in [-0.39, 0.29) is 24.0 Å². The maximum Gasteiger partial charge on any atom is 0.237 e. The Balaban J connectivity index is 1.59. The van der Waals surface area contributed by atoms with E-state index in [1.54, 1.807) is 17.0 Å². The highest BCUT2D eigenvalue weighted by atomic mass is 32.2. The average Bonchev–Trinajstić information content (AvgIpc) is 3.11. The Morgan fingerprint density at radius 1 is 1.20 bits per heavy atom. The van der Waals surface area contributed by atoms with Crippen molar-refractivity contribution < 1.29 is 17.5 Å². The monoisotopic (exact) mass is 363 g/mol. The number of nitrogens with zero attached hydrogens (tertiary/aromatic N) is 4. The minimum atomic E-state index is -3.66. The predicted molar refractivity (Wildman–Crippen MR) is 88.5 cm³/mol. The number of aromatic nitrogens is 4. The van der Waals surface area contributed by atoms with E-state index in [1.165, 1.54) is 43.0 Å². The highest BCUT2D eigenvalue weighted by Crippen LogP contribution is 2.12. The molecule has 2 heterocycles. The fourth-order valence-corrected chi connectivity index (χ4v) is 2.78. The second kappa shape index (κ2) is 7.26. The van der Waals surface area contributed by atoms with E-state index >= 15 is 0 Å². The van der Waals surface area contributed by atoms with E-state index in [1.807, 2.05) is 0 Å². The molecule has 0 saturated heterocycles. The van der Waals surface area contributed by atoms with E-state index in [0.29, 0.717) is 11.6 Å². The summed E-state index contributed by atoms with van der Waals surface area (Å²) in [7, 11) is -3.66. The third-order valence-electron chi connectivity index (χ3n) is 3.12. The molecule has 1 aromatic carbocycles. The van der Waals surface area contributed by atoms with Crippen molar-refractivity contribution in [2.45, 2.75) is 0 Å². The van der Waals surface area contributed by atoms with Crippen LogP contribution in [0.15, 0.2) is 55.4 Å². The number of benzene rings is 1. The normalized spacial score (nSPS) is 11.2. The Morgan fingerprint density at radius 3 is 2.72 bits per heavy atom. The highest BCUT2D eigenvalue weighted by Gasteiger charge is 2.12. The standard InChI is InChI=1S/C15H14FN5O3S/c16-12-1-3-13(4-2-12)24-7-8-25(22,23)20-14-9-15(19-10-18-14)21-6-5-17-11-21/h1-6,9-11H,7-8H2,(H,18,19,20). The van der Waals surface area contributed by atoms with Crippen LogP contribution >= 0.6 is 0 Å².